The molecular formula is C21H26N6. The number of aromatic nitrogens is 4. The fourth-order valence-electron chi connectivity index (χ4n) is 4.35. The van der Waals surface area contributed by atoms with Gasteiger partial charge in [-0.05, 0) is 68.0 Å². The molecule has 1 aromatic carbocycles. The Morgan fingerprint density at radius 3 is 2.67 bits per heavy atom. The van der Waals surface area contributed by atoms with Crippen molar-refractivity contribution in [3.63, 3.8) is 0 Å². The van der Waals surface area contributed by atoms with Gasteiger partial charge in [0.1, 0.15) is 0 Å². The predicted molar refractivity (Wildman–Crippen MR) is 106 cm³/mol. The van der Waals surface area contributed by atoms with Crippen LogP contribution in [0.3, 0.4) is 0 Å². The number of hydrogen-bond donors (Lipinski definition) is 2. The molecule has 2 aromatic heterocycles. The Bertz CT molecular complexity index is 872. The van der Waals surface area contributed by atoms with E-state index >= 15 is 0 Å². The molecule has 1 aliphatic heterocycles. The summed E-state index contributed by atoms with van der Waals surface area (Å²) in [5.41, 5.74) is 6.47. The van der Waals surface area contributed by atoms with Crippen molar-refractivity contribution < 1.29 is 0 Å². The highest BCUT2D eigenvalue weighted by atomic mass is 15.3. The number of rotatable bonds is 5. The number of piperidine rings is 1. The lowest BCUT2D eigenvalue weighted by Gasteiger charge is -2.34. The lowest BCUT2D eigenvalue weighted by Crippen LogP contribution is -2.42. The third kappa shape index (κ3) is 3.37. The summed E-state index contributed by atoms with van der Waals surface area (Å²) < 4.78 is 1.89. The Hall–Kier alpha value is -2.60. The topological polar surface area (TPSA) is 61.8 Å². The van der Waals surface area contributed by atoms with Crippen LogP contribution in [0, 0.1) is 0 Å². The van der Waals surface area contributed by atoms with E-state index in [1.807, 2.05) is 23.1 Å². The molecule has 3 heterocycles. The number of anilines is 1. The Morgan fingerprint density at radius 2 is 1.89 bits per heavy atom. The summed E-state index contributed by atoms with van der Waals surface area (Å²) in [5.74, 6) is 0. The Balaban J connectivity index is 1.14. The second-order valence-corrected chi connectivity index (χ2v) is 7.59. The zero-order valence-electron chi connectivity index (χ0n) is 15.6. The molecule has 2 N–H and O–H groups in total. The molecule has 3 aromatic rings. The maximum Gasteiger partial charge on any atom is 0.0794 e. The van der Waals surface area contributed by atoms with E-state index in [-0.39, 0.29) is 0 Å². The van der Waals surface area contributed by atoms with Crippen molar-refractivity contribution in [2.24, 2.45) is 0 Å². The van der Waals surface area contributed by atoms with E-state index in [0.29, 0.717) is 6.04 Å². The van der Waals surface area contributed by atoms with E-state index in [9.17, 15) is 0 Å². The van der Waals surface area contributed by atoms with Gasteiger partial charge in [0.15, 0.2) is 0 Å². The van der Waals surface area contributed by atoms with E-state index in [1.165, 1.54) is 54.7 Å². The molecule has 0 spiro atoms. The van der Waals surface area contributed by atoms with E-state index in [4.69, 9.17) is 0 Å². The quantitative estimate of drug-likeness (QED) is 0.733. The summed E-state index contributed by atoms with van der Waals surface area (Å²) in [6.45, 7) is 3.09. The van der Waals surface area contributed by atoms with Crippen LogP contribution in [0.1, 0.15) is 36.2 Å². The zero-order chi connectivity index (χ0) is 18.1. The minimum Gasteiger partial charge on any atom is -0.371 e. The zero-order valence-corrected chi connectivity index (χ0v) is 15.6. The summed E-state index contributed by atoms with van der Waals surface area (Å²) in [6.07, 6.45) is 9.76. The summed E-state index contributed by atoms with van der Waals surface area (Å²) in [5, 5.41) is 15.7. The Kier molecular flexibility index (Phi) is 4.41. The monoisotopic (exact) mass is 362 g/mol. The van der Waals surface area contributed by atoms with Gasteiger partial charge in [-0.2, -0.15) is 10.2 Å². The Labute approximate surface area is 159 Å². The molecule has 1 aliphatic carbocycles. The number of H-pyrrole nitrogens is 1. The van der Waals surface area contributed by atoms with Crippen molar-refractivity contribution in [2.75, 3.05) is 18.0 Å². The first-order valence-electron chi connectivity index (χ1n) is 10.0. The summed E-state index contributed by atoms with van der Waals surface area (Å²) in [7, 11) is 0. The van der Waals surface area contributed by atoms with Gasteiger partial charge in [-0.15, -0.1) is 0 Å². The number of hydrogen-bond acceptors (Lipinski definition) is 4. The largest absolute Gasteiger partial charge is 0.371 e. The summed E-state index contributed by atoms with van der Waals surface area (Å²) >= 11 is 0. The van der Waals surface area contributed by atoms with Crippen LogP contribution < -0.4 is 10.2 Å². The average molecular weight is 362 g/mol. The van der Waals surface area contributed by atoms with Crippen molar-refractivity contribution in [3.05, 3.63) is 59.7 Å². The van der Waals surface area contributed by atoms with Crippen molar-refractivity contribution in [2.45, 2.75) is 44.7 Å². The fraction of sp³-hybridized carbons (Fsp3) is 0.429. The van der Waals surface area contributed by atoms with E-state index in [0.717, 1.165) is 25.3 Å². The lowest BCUT2D eigenvalue weighted by molar-refractivity contribution is 0.411. The van der Waals surface area contributed by atoms with Gasteiger partial charge >= 0.3 is 0 Å². The number of benzene rings is 1. The number of aryl methyl sites for hydroxylation is 1. The van der Waals surface area contributed by atoms with E-state index in [2.05, 4.69) is 49.8 Å². The van der Waals surface area contributed by atoms with Crippen LogP contribution in [0.2, 0.25) is 0 Å². The van der Waals surface area contributed by atoms with Crippen LogP contribution in [-0.2, 0) is 19.4 Å². The fourth-order valence-corrected chi connectivity index (χ4v) is 4.35. The lowest BCUT2D eigenvalue weighted by atomic mass is 10.0. The molecular weight excluding hydrogens is 336 g/mol. The molecule has 140 valence electrons. The summed E-state index contributed by atoms with van der Waals surface area (Å²) in [6, 6.07) is 11.2. The van der Waals surface area contributed by atoms with Gasteiger partial charge < -0.3 is 10.2 Å². The third-order valence-corrected chi connectivity index (χ3v) is 5.93. The van der Waals surface area contributed by atoms with Gasteiger partial charge in [-0.1, -0.05) is 0 Å². The molecule has 1 saturated heterocycles. The van der Waals surface area contributed by atoms with Crippen LogP contribution in [0.15, 0.2) is 42.7 Å². The van der Waals surface area contributed by atoms with Crippen molar-refractivity contribution >= 4 is 5.69 Å². The highest BCUT2D eigenvalue weighted by Gasteiger charge is 2.22. The van der Waals surface area contributed by atoms with E-state index in [1.54, 1.807) is 0 Å². The molecule has 0 atom stereocenters. The van der Waals surface area contributed by atoms with Crippen LogP contribution in [0.4, 0.5) is 5.69 Å². The van der Waals surface area contributed by atoms with Gasteiger partial charge in [0.2, 0.25) is 0 Å². The van der Waals surface area contributed by atoms with Crippen molar-refractivity contribution in [1.29, 1.82) is 0 Å². The van der Waals surface area contributed by atoms with Gasteiger partial charge in [0, 0.05) is 49.5 Å². The van der Waals surface area contributed by atoms with Crippen LogP contribution in [0.25, 0.3) is 5.69 Å². The number of nitrogens with one attached hydrogen (secondary N) is 2. The normalized spacial score (nSPS) is 17.4. The van der Waals surface area contributed by atoms with Crippen LogP contribution >= 0.6 is 0 Å². The molecule has 0 saturated carbocycles. The van der Waals surface area contributed by atoms with Gasteiger partial charge in [-0.25, -0.2) is 4.68 Å². The maximum absolute atomic E-state index is 4.51. The minimum atomic E-state index is 0.582. The van der Waals surface area contributed by atoms with Crippen LogP contribution in [-0.4, -0.2) is 39.1 Å². The Morgan fingerprint density at radius 1 is 1.07 bits per heavy atom. The SMILES string of the molecule is c1cnn(-c2ccc(N3CCC(NCc4n[nH]c5c4CCC5)CC3)cc2)c1. The molecule has 6 heteroatoms. The molecule has 2 aliphatic rings. The number of nitrogens with zero attached hydrogens (tertiary/aromatic N) is 4. The molecule has 5 rings (SSSR count). The van der Waals surface area contributed by atoms with Gasteiger partial charge in [-0.3, -0.25) is 5.10 Å². The molecule has 0 unspecified atom stereocenters. The molecule has 0 bridgehead atoms. The number of fused-ring (bicyclic) bond motifs is 1. The number of aromatic amines is 1. The van der Waals surface area contributed by atoms with Crippen molar-refractivity contribution in [3.8, 4) is 5.69 Å². The smallest absolute Gasteiger partial charge is 0.0794 e. The van der Waals surface area contributed by atoms with E-state index < -0.39 is 0 Å². The molecule has 0 amide bonds. The van der Waals surface area contributed by atoms with Gasteiger partial charge in [0.05, 0.1) is 11.4 Å². The minimum absolute atomic E-state index is 0.582. The van der Waals surface area contributed by atoms with Crippen molar-refractivity contribution in [1.82, 2.24) is 25.3 Å². The molecule has 1 fully saturated rings. The average Bonchev–Trinajstić information content (AvgIpc) is 3.46. The maximum atomic E-state index is 4.51. The summed E-state index contributed by atoms with van der Waals surface area (Å²) in [4.78, 5) is 2.48. The molecule has 0 radical (unpaired) electrons. The standard InChI is InChI=1S/C21H26N6/c1-3-19-20(4-1)24-25-21(19)15-22-16-9-13-26(14-10-16)17-5-7-18(8-6-17)27-12-2-11-23-27/h2,5-8,11-12,16,22H,1,3-4,9-10,13-15H2,(H,24,25). The predicted octanol–water partition coefficient (Wildman–Crippen LogP) is 2.84. The van der Waals surface area contributed by atoms with Gasteiger partial charge in [0.25, 0.3) is 0 Å². The first-order valence-corrected chi connectivity index (χ1v) is 10.0. The molecule has 27 heavy (non-hydrogen) atoms. The second-order valence-electron chi connectivity index (χ2n) is 7.59. The second kappa shape index (κ2) is 7.19. The molecule has 6 nitrogen and oxygen atoms in total. The third-order valence-electron chi connectivity index (χ3n) is 5.93. The highest BCUT2D eigenvalue weighted by molar-refractivity contribution is 5.51. The highest BCUT2D eigenvalue weighted by Crippen LogP contribution is 2.24. The first-order chi connectivity index (χ1) is 13.4. The van der Waals surface area contributed by atoms with Crippen LogP contribution in [0.5, 0.6) is 0 Å². The first kappa shape index (κ1) is 16.6.